The van der Waals surface area contributed by atoms with Gasteiger partial charge >= 0.3 is 0 Å². The molecule has 0 saturated carbocycles. The quantitative estimate of drug-likeness (QED) is 0.610. The van der Waals surface area contributed by atoms with Crippen molar-refractivity contribution in [1.29, 1.82) is 0 Å². The molecule has 46 valence electrons. The summed E-state index contributed by atoms with van der Waals surface area (Å²) in [7, 11) is 0. The predicted molar refractivity (Wildman–Crippen MR) is 36.7 cm³/mol. The van der Waals surface area contributed by atoms with Gasteiger partial charge in [0.25, 0.3) is 0 Å². The number of alkyl halides is 2. The molecule has 0 atom stereocenters. The summed E-state index contributed by atoms with van der Waals surface area (Å²) in [6.45, 7) is 0. The summed E-state index contributed by atoms with van der Waals surface area (Å²) in [5, 5.41) is 0. The fourth-order valence-electron chi connectivity index (χ4n) is 0.0412. The molecular formula is C3H8Cl3N. The Hall–Kier alpha value is 0.830. The van der Waals surface area contributed by atoms with Crippen molar-refractivity contribution in [2.45, 2.75) is 6.04 Å². The molecule has 2 N–H and O–H groups in total. The van der Waals surface area contributed by atoms with Gasteiger partial charge in [0.2, 0.25) is 0 Å². The lowest BCUT2D eigenvalue weighted by Gasteiger charge is -1.96. The van der Waals surface area contributed by atoms with Gasteiger partial charge in [0, 0.05) is 17.8 Å². The molecule has 0 saturated heterocycles. The first-order valence-electron chi connectivity index (χ1n) is 1.68. The summed E-state index contributed by atoms with van der Waals surface area (Å²) in [5.74, 6) is 0.896. The van der Waals surface area contributed by atoms with Crippen LogP contribution in [0.5, 0.6) is 0 Å². The minimum Gasteiger partial charge on any atom is -0.326 e. The van der Waals surface area contributed by atoms with E-state index in [2.05, 4.69) is 0 Å². The molecule has 0 aliphatic carbocycles. The molecule has 0 heterocycles. The molecule has 0 unspecified atom stereocenters. The Morgan fingerprint density at radius 2 is 1.57 bits per heavy atom. The van der Waals surface area contributed by atoms with Crippen LogP contribution < -0.4 is 5.73 Å². The smallest absolute Gasteiger partial charge is 0.0386 e. The molecule has 0 radical (unpaired) electrons. The summed E-state index contributed by atoms with van der Waals surface area (Å²) >= 11 is 10.5. The van der Waals surface area contributed by atoms with Crippen molar-refractivity contribution in [2.24, 2.45) is 5.73 Å². The molecule has 0 fully saturated rings. The van der Waals surface area contributed by atoms with Crippen LogP contribution in [0.3, 0.4) is 0 Å². The van der Waals surface area contributed by atoms with Gasteiger partial charge in [0.15, 0.2) is 0 Å². The molecule has 0 spiro atoms. The van der Waals surface area contributed by atoms with Crippen molar-refractivity contribution >= 4 is 35.6 Å². The van der Waals surface area contributed by atoms with Crippen LogP contribution in [0, 0.1) is 0 Å². The Balaban J connectivity index is 0. The molecule has 1 nitrogen and oxygen atoms in total. The second-order valence-electron chi connectivity index (χ2n) is 1.07. The summed E-state index contributed by atoms with van der Waals surface area (Å²) in [6.07, 6.45) is 0. The Morgan fingerprint density at radius 1 is 1.29 bits per heavy atom. The van der Waals surface area contributed by atoms with E-state index >= 15 is 0 Å². The van der Waals surface area contributed by atoms with Crippen molar-refractivity contribution in [2.75, 3.05) is 11.8 Å². The average Bonchev–Trinajstić information content (AvgIpc) is 1.65. The van der Waals surface area contributed by atoms with Crippen LogP contribution in [0.25, 0.3) is 0 Å². The summed E-state index contributed by atoms with van der Waals surface area (Å²) < 4.78 is 0. The molecular weight excluding hydrogens is 156 g/mol. The molecule has 0 aliphatic heterocycles. The van der Waals surface area contributed by atoms with Gasteiger partial charge in [-0.3, -0.25) is 0 Å². The lowest BCUT2D eigenvalue weighted by molar-refractivity contribution is 0.850. The minimum atomic E-state index is -0.0340. The highest BCUT2D eigenvalue weighted by Crippen LogP contribution is 1.84. The standard InChI is InChI=1S/C3H7Cl2N.ClH/c4-1-3(6)2-5;/h3H,1-2,6H2;1H. The van der Waals surface area contributed by atoms with E-state index in [0.717, 1.165) is 0 Å². The Bertz CT molecular complexity index is 29.4. The third kappa shape index (κ3) is 6.83. The maximum Gasteiger partial charge on any atom is 0.0386 e. The average molecular weight is 164 g/mol. The predicted octanol–water partition coefficient (Wildman–Crippen LogP) is 1.21. The van der Waals surface area contributed by atoms with Crippen LogP contribution >= 0.6 is 35.6 Å². The van der Waals surface area contributed by atoms with Crippen molar-refractivity contribution in [3.8, 4) is 0 Å². The second-order valence-corrected chi connectivity index (χ2v) is 1.69. The van der Waals surface area contributed by atoms with Gasteiger partial charge in [-0.2, -0.15) is 0 Å². The van der Waals surface area contributed by atoms with E-state index in [1.807, 2.05) is 0 Å². The summed E-state index contributed by atoms with van der Waals surface area (Å²) in [4.78, 5) is 0. The molecule has 0 aromatic heterocycles. The lowest BCUT2D eigenvalue weighted by Crippen LogP contribution is -2.22. The molecule has 0 bridgehead atoms. The van der Waals surface area contributed by atoms with E-state index < -0.39 is 0 Å². The Morgan fingerprint density at radius 3 is 1.57 bits per heavy atom. The van der Waals surface area contributed by atoms with Gasteiger partial charge in [-0.1, -0.05) is 0 Å². The monoisotopic (exact) mass is 163 g/mol. The van der Waals surface area contributed by atoms with Crippen molar-refractivity contribution < 1.29 is 0 Å². The molecule has 0 aromatic carbocycles. The van der Waals surface area contributed by atoms with Crippen molar-refractivity contribution in [3.63, 3.8) is 0 Å². The lowest BCUT2D eigenvalue weighted by atomic mass is 10.4. The van der Waals surface area contributed by atoms with Crippen LogP contribution in [0.4, 0.5) is 0 Å². The van der Waals surface area contributed by atoms with Crippen LogP contribution in [0.2, 0.25) is 0 Å². The summed E-state index contributed by atoms with van der Waals surface area (Å²) in [6, 6.07) is -0.0340. The number of nitrogens with two attached hydrogens (primary N) is 1. The molecule has 0 amide bonds. The molecule has 0 aromatic rings. The minimum absolute atomic E-state index is 0. The van der Waals surface area contributed by atoms with E-state index in [-0.39, 0.29) is 18.4 Å². The third-order valence-corrected chi connectivity index (χ3v) is 1.19. The van der Waals surface area contributed by atoms with Gasteiger partial charge in [-0.15, -0.1) is 35.6 Å². The van der Waals surface area contributed by atoms with Crippen molar-refractivity contribution in [3.05, 3.63) is 0 Å². The molecule has 0 aliphatic rings. The largest absolute Gasteiger partial charge is 0.326 e. The first kappa shape index (κ1) is 10.7. The normalized spacial score (nSPS) is 8.57. The van der Waals surface area contributed by atoms with E-state index in [9.17, 15) is 0 Å². The van der Waals surface area contributed by atoms with Gasteiger partial charge < -0.3 is 5.73 Å². The first-order chi connectivity index (χ1) is 2.81. The van der Waals surface area contributed by atoms with Crippen LogP contribution in [-0.4, -0.2) is 17.8 Å². The van der Waals surface area contributed by atoms with Gasteiger partial charge in [0.1, 0.15) is 0 Å². The second kappa shape index (κ2) is 6.83. The first-order valence-corrected chi connectivity index (χ1v) is 2.75. The van der Waals surface area contributed by atoms with E-state index in [1.54, 1.807) is 0 Å². The highest BCUT2D eigenvalue weighted by Gasteiger charge is 1.92. The van der Waals surface area contributed by atoms with Gasteiger partial charge in [-0.05, 0) is 0 Å². The Kier molecular flexibility index (Phi) is 10.5. The van der Waals surface area contributed by atoms with Crippen molar-refractivity contribution in [1.82, 2.24) is 0 Å². The van der Waals surface area contributed by atoms with E-state index in [0.29, 0.717) is 11.8 Å². The number of hydrogen-bond donors (Lipinski definition) is 1. The zero-order chi connectivity index (χ0) is 4.99. The van der Waals surface area contributed by atoms with Gasteiger partial charge in [-0.25, -0.2) is 0 Å². The fraction of sp³-hybridized carbons (Fsp3) is 1.00. The molecule has 4 heteroatoms. The number of halogens is 3. The zero-order valence-corrected chi connectivity index (χ0v) is 6.06. The number of rotatable bonds is 2. The summed E-state index contributed by atoms with van der Waals surface area (Å²) in [5.41, 5.74) is 5.21. The zero-order valence-electron chi connectivity index (χ0n) is 3.73. The van der Waals surface area contributed by atoms with Crippen LogP contribution in [0.1, 0.15) is 0 Å². The van der Waals surface area contributed by atoms with Crippen LogP contribution in [-0.2, 0) is 0 Å². The topological polar surface area (TPSA) is 26.0 Å². The fourth-order valence-corrected chi connectivity index (χ4v) is 0.371. The highest BCUT2D eigenvalue weighted by molar-refractivity contribution is 6.21. The van der Waals surface area contributed by atoms with Gasteiger partial charge in [0.05, 0.1) is 0 Å². The maximum absolute atomic E-state index is 5.24. The van der Waals surface area contributed by atoms with E-state index in [1.165, 1.54) is 0 Å². The Labute approximate surface area is 59.6 Å². The maximum atomic E-state index is 5.24. The number of hydrogen-bond acceptors (Lipinski definition) is 1. The molecule has 7 heavy (non-hydrogen) atoms. The SMILES string of the molecule is Cl.NC(CCl)CCl. The molecule has 0 rings (SSSR count). The van der Waals surface area contributed by atoms with E-state index in [4.69, 9.17) is 28.9 Å². The third-order valence-electron chi connectivity index (χ3n) is 0.396. The highest BCUT2D eigenvalue weighted by atomic mass is 35.5. The van der Waals surface area contributed by atoms with Crippen LogP contribution in [0.15, 0.2) is 0 Å².